The molecule has 0 bridgehead atoms. The Labute approximate surface area is 69.2 Å². The van der Waals surface area contributed by atoms with Gasteiger partial charge in [0.15, 0.2) is 5.82 Å². The molecule has 6 nitrogen and oxygen atoms in total. The fraction of sp³-hybridized carbons (Fsp3) is 0.333. The first-order valence-corrected chi connectivity index (χ1v) is 3.37. The van der Waals surface area contributed by atoms with Gasteiger partial charge in [-0.05, 0) is 0 Å². The molecule has 1 heterocycles. The number of hydrogen-bond acceptors (Lipinski definition) is 5. The lowest BCUT2D eigenvalue weighted by atomic mass is 10.4. The second-order valence-electron chi connectivity index (χ2n) is 2.34. The first-order valence-electron chi connectivity index (χ1n) is 3.37. The van der Waals surface area contributed by atoms with Crippen LogP contribution in [-0.2, 0) is 7.05 Å². The van der Waals surface area contributed by atoms with E-state index in [0.29, 0.717) is 0 Å². The summed E-state index contributed by atoms with van der Waals surface area (Å²) >= 11 is 0. The quantitative estimate of drug-likeness (QED) is 0.500. The fourth-order valence-corrected chi connectivity index (χ4v) is 0.871. The number of rotatable bonds is 1. The molecular formula is C6H11N5O. The zero-order valence-corrected chi connectivity index (χ0v) is 6.96. The van der Waals surface area contributed by atoms with Crippen LogP contribution >= 0.6 is 0 Å². The highest BCUT2D eigenvalue weighted by molar-refractivity contribution is 5.61. The molecule has 66 valence electrons. The molecular weight excluding hydrogens is 158 g/mol. The van der Waals surface area contributed by atoms with Gasteiger partial charge in [0.1, 0.15) is 5.69 Å². The molecule has 12 heavy (non-hydrogen) atoms. The summed E-state index contributed by atoms with van der Waals surface area (Å²) in [5, 5.41) is 2.66. The molecule has 6 heteroatoms. The maximum Gasteiger partial charge on any atom is 0.280 e. The maximum atomic E-state index is 11.3. The van der Waals surface area contributed by atoms with E-state index in [1.54, 1.807) is 7.05 Å². The molecule has 0 amide bonds. The first kappa shape index (κ1) is 8.38. The van der Waals surface area contributed by atoms with Crippen molar-refractivity contribution in [3.05, 3.63) is 10.4 Å². The number of nitrogen functional groups attached to an aromatic ring is 2. The van der Waals surface area contributed by atoms with Crippen LogP contribution in [0.3, 0.4) is 0 Å². The van der Waals surface area contributed by atoms with E-state index in [0.717, 1.165) is 0 Å². The molecule has 1 rings (SSSR count). The lowest BCUT2D eigenvalue weighted by Gasteiger charge is -2.07. The number of aromatic nitrogens is 2. The maximum absolute atomic E-state index is 11.3. The molecule has 0 atom stereocenters. The van der Waals surface area contributed by atoms with Gasteiger partial charge < -0.3 is 16.8 Å². The van der Waals surface area contributed by atoms with Crippen LogP contribution in [-0.4, -0.2) is 16.6 Å². The average molecular weight is 169 g/mol. The van der Waals surface area contributed by atoms with Gasteiger partial charge in [-0.2, -0.15) is 4.98 Å². The summed E-state index contributed by atoms with van der Waals surface area (Å²) in [4.78, 5) is 15.1. The van der Waals surface area contributed by atoms with Gasteiger partial charge in [0, 0.05) is 14.1 Å². The smallest absolute Gasteiger partial charge is 0.280 e. The van der Waals surface area contributed by atoms with Gasteiger partial charge in [-0.3, -0.25) is 9.36 Å². The number of anilines is 3. The van der Waals surface area contributed by atoms with E-state index >= 15 is 0 Å². The van der Waals surface area contributed by atoms with Crippen molar-refractivity contribution in [3.63, 3.8) is 0 Å². The highest BCUT2D eigenvalue weighted by atomic mass is 16.1. The molecule has 0 saturated heterocycles. The molecule has 0 aromatic carbocycles. The van der Waals surface area contributed by atoms with Crippen LogP contribution in [0.5, 0.6) is 0 Å². The van der Waals surface area contributed by atoms with Crippen molar-refractivity contribution in [2.45, 2.75) is 0 Å². The average Bonchev–Trinajstić information content (AvgIpc) is 2.01. The highest BCUT2D eigenvalue weighted by Crippen LogP contribution is 2.09. The number of hydrogen-bond donors (Lipinski definition) is 3. The monoisotopic (exact) mass is 169 g/mol. The summed E-state index contributed by atoms with van der Waals surface area (Å²) < 4.78 is 1.22. The molecule has 0 spiro atoms. The topological polar surface area (TPSA) is 99.0 Å². The lowest BCUT2D eigenvalue weighted by Crippen LogP contribution is -2.25. The summed E-state index contributed by atoms with van der Waals surface area (Å²) in [6.07, 6.45) is 0. The van der Waals surface area contributed by atoms with E-state index < -0.39 is 0 Å². The minimum atomic E-state index is -0.275. The Morgan fingerprint density at radius 1 is 1.50 bits per heavy atom. The number of nitrogens with zero attached hydrogens (tertiary/aromatic N) is 2. The van der Waals surface area contributed by atoms with E-state index in [-0.39, 0.29) is 23.0 Å². The third-order valence-electron chi connectivity index (χ3n) is 1.60. The molecule has 0 saturated carbocycles. The van der Waals surface area contributed by atoms with E-state index in [4.69, 9.17) is 11.5 Å². The van der Waals surface area contributed by atoms with Gasteiger partial charge in [0.05, 0.1) is 0 Å². The molecule has 0 unspecified atom stereocenters. The number of nitrogens with one attached hydrogen (secondary N) is 1. The van der Waals surface area contributed by atoms with Gasteiger partial charge in [-0.1, -0.05) is 0 Å². The Morgan fingerprint density at radius 3 is 2.58 bits per heavy atom. The predicted molar refractivity (Wildman–Crippen MR) is 47.8 cm³/mol. The second kappa shape index (κ2) is 2.72. The van der Waals surface area contributed by atoms with Gasteiger partial charge in [0.25, 0.3) is 5.56 Å². The Hall–Kier alpha value is -1.72. The molecule has 0 fully saturated rings. The summed E-state index contributed by atoms with van der Waals surface area (Å²) in [6, 6.07) is 0. The minimum absolute atomic E-state index is 0.108. The molecule has 5 N–H and O–H groups in total. The van der Waals surface area contributed by atoms with Crippen molar-refractivity contribution >= 4 is 17.5 Å². The third kappa shape index (κ3) is 1.07. The summed E-state index contributed by atoms with van der Waals surface area (Å²) in [5.74, 6) is 0.231. The van der Waals surface area contributed by atoms with Crippen LogP contribution in [0.25, 0.3) is 0 Å². The van der Waals surface area contributed by atoms with Crippen LogP contribution in [0, 0.1) is 0 Å². The Balaban J connectivity index is 3.52. The van der Waals surface area contributed by atoms with Crippen LogP contribution in [0.2, 0.25) is 0 Å². The van der Waals surface area contributed by atoms with Crippen molar-refractivity contribution in [3.8, 4) is 0 Å². The number of nitrogens with two attached hydrogens (primary N) is 2. The van der Waals surface area contributed by atoms with E-state index in [9.17, 15) is 4.79 Å². The van der Waals surface area contributed by atoms with Crippen molar-refractivity contribution in [2.75, 3.05) is 23.8 Å². The zero-order chi connectivity index (χ0) is 9.30. The van der Waals surface area contributed by atoms with Crippen LogP contribution in [0.15, 0.2) is 4.79 Å². The largest absolute Gasteiger partial charge is 0.382 e. The Morgan fingerprint density at radius 2 is 2.08 bits per heavy atom. The summed E-state index contributed by atoms with van der Waals surface area (Å²) in [5.41, 5.74) is 10.8. The third-order valence-corrected chi connectivity index (χ3v) is 1.60. The van der Waals surface area contributed by atoms with Crippen molar-refractivity contribution in [2.24, 2.45) is 7.05 Å². The fourth-order valence-electron chi connectivity index (χ4n) is 0.871. The second-order valence-corrected chi connectivity index (χ2v) is 2.34. The Bertz CT molecular complexity index is 356. The SMILES string of the molecule is CNc1c(N)nc(N)n(C)c1=O. The standard InChI is InChI=1S/C6H11N5O/c1-9-3-4(7)10-6(8)11(2)5(3)12/h9H,7H2,1-2H3,(H2,8,10). The van der Waals surface area contributed by atoms with Crippen molar-refractivity contribution in [1.82, 2.24) is 9.55 Å². The predicted octanol–water partition coefficient (Wildman–Crippen LogP) is -1.01. The highest BCUT2D eigenvalue weighted by Gasteiger charge is 2.07. The normalized spacial score (nSPS) is 9.83. The van der Waals surface area contributed by atoms with E-state index in [1.165, 1.54) is 11.6 Å². The van der Waals surface area contributed by atoms with Gasteiger partial charge in [0.2, 0.25) is 5.95 Å². The molecule has 1 aromatic rings. The molecule has 1 aromatic heterocycles. The summed E-state index contributed by atoms with van der Waals surface area (Å²) in [7, 11) is 3.13. The Kier molecular flexibility index (Phi) is 1.90. The van der Waals surface area contributed by atoms with Gasteiger partial charge in [-0.15, -0.1) is 0 Å². The molecule has 0 radical (unpaired) electrons. The first-order chi connectivity index (χ1) is 5.57. The minimum Gasteiger partial charge on any atom is -0.382 e. The lowest BCUT2D eigenvalue weighted by molar-refractivity contribution is 0.848. The van der Waals surface area contributed by atoms with E-state index in [1.807, 2.05) is 0 Å². The van der Waals surface area contributed by atoms with Crippen molar-refractivity contribution in [1.29, 1.82) is 0 Å². The van der Waals surface area contributed by atoms with Crippen molar-refractivity contribution < 1.29 is 0 Å². The van der Waals surface area contributed by atoms with E-state index in [2.05, 4.69) is 10.3 Å². The molecule has 0 aliphatic carbocycles. The molecule has 0 aliphatic heterocycles. The van der Waals surface area contributed by atoms with Crippen LogP contribution < -0.4 is 22.3 Å². The van der Waals surface area contributed by atoms with Crippen LogP contribution in [0.1, 0.15) is 0 Å². The van der Waals surface area contributed by atoms with Gasteiger partial charge >= 0.3 is 0 Å². The summed E-state index contributed by atoms with van der Waals surface area (Å²) in [6.45, 7) is 0. The zero-order valence-electron chi connectivity index (χ0n) is 6.96. The molecule has 0 aliphatic rings. The van der Waals surface area contributed by atoms with Crippen LogP contribution in [0.4, 0.5) is 17.5 Å². The van der Waals surface area contributed by atoms with Gasteiger partial charge in [-0.25, -0.2) is 0 Å².